The summed E-state index contributed by atoms with van der Waals surface area (Å²) < 4.78 is 11.4. The fraction of sp³-hybridized carbons (Fsp3) is 0.867. The molecule has 2 fully saturated rings. The average Bonchev–Trinajstić information content (AvgIpc) is 2.78. The highest BCUT2D eigenvalue weighted by Crippen LogP contribution is 2.44. The van der Waals surface area contributed by atoms with Crippen LogP contribution in [0.25, 0.3) is 0 Å². The molecule has 2 aliphatic rings. The zero-order valence-electron chi connectivity index (χ0n) is 12.4. The molecule has 1 aromatic rings. The van der Waals surface area contributed by atoms with Gasteiger partial charge in [-0.3, -0.25) is 0 Å². The van der Waals surface area contributed by atoms with E-state index in [-0.39, 0.29) is 11.0 Å². The van der Waals surface area contributed by atoms with Crippen LogP contribution in [0.5, 0.6) is 0 Å². The van der Waals surface area contributed by atoms with Crippen LogP contribution in [0.2, 0.25) is 0 Å². The molecule has 0 unspecified atom stereocenters. The zero-order chi connectivity index (χ0) is 14.1. The van der Waals surface area contributed by atoms with E-state index in [1.807, 2.05) is 0 Å². The Balaban J connectivity index is 1.87. The van der Waals surface area contributed by atoms with Crippen LogP contribution in [-0.4, -0.2) is 23.8 Å². The molecular formula is C15H25N3O2. The van der Waals surface area contributed by atoms with Gasteiger partial charge in [-0.2, -0.15) is 4.98 Å². The highest BCUT2D eigenvalue weighted by Gasteiger charge is 2.45. The molecular weight excluding hydrogens is 254 g/mol. The molecule has 5 heteroatoms. The van der Waals surface area contributed by atoms with E-state index in [9.17, 15) is 0 Å². The number of rotatable bonds is 4. The quantitative estimate of drug-likeness (QED) is 0.858. The van der Waals surface area contributed by atoms with E-state index in [1.165, 1.54) is 32.1 Å². The lowest BCUT2D eigenvalue weighted by atomic mass is 9.68. The van der Waals surface area contributed by atoms with Crippen LogP contribution in [0.4, 0.5) is 0 Å². The molecule has 0 radical (unpaired) electrons. The van der Waals surface area contributed by atoms with Crippen LogP contribution in [0, 0.1) is 0 Å². The molecule has 0 aromatic carbocycles. The van der Waals surface area contributed by atoms with Crippen molar-refractivity contribution in [3.8, 4) is 0 Å². The summed E-state index contributed by atoms with van der Waals surface area (Å²) in [6.07, 6.45) is 10.2. The first-order valence-corrected chi connectivity index (χ1v) is 7.85. The number of methoxy groups -OCH3 is 1. The number of hydrogen-bond acceptors (Lipinski definition) is 5. The lowest BCUT2D eigenvalue weighted by Gasteiger charge is -2.37. The highest BCUT2D eigenvalue weighted by atomic mass is 16.5. The second-order valence-corrected chi connectivity index (χ2v) is 6.37. The van der Waals surface area contributed by atoms with Gasteiger partial charge in [-0.05, 0) is 25.7 Å². The van der Waals surface area contributed by atoms with Gasteiger partial charge in [0, 0.05) is 13.7 Å². The molecule has 0 saturated heterocycles. The Bertz CT molecular complexity index is 440. The van der Waals surface area contributed by atoms with E-state index < -0.39 is 0 Å². The molecule has 5 nitrogen and oxygen atoms in total. The van der Waals surface area contributed by atoms with Crippen LogP contribution >= 0.6 is 0 Å². The lowest BCUT2D eigenvalue weighted by Crippen LogP contribution is -2.42. The van der Waals surface area contributed by atoms with E-state index in [0.29, 0.717) is 6.54 Å². The Morgan fingerprint density at radius 1 is 1.10 bits per heavy atom. The zero-order valence-corrected chi connectivity index (χ0v) is 12.4. The van der Waals surface area contributed by atoms with Gasteiger partial charge in [-0.1, -0.05) is 37.3 Å². The van der Waals surface area contributed by atoms with Crippen molar-refractivity contribution < 1.29 is 9.26 Å². The SMILES string of the molecule is COC1(c2noc(C3(CN)CCC3)n2)CCCCCC1. The van der Waals surface area contributed by atoms with Crippen molar-refractivity contribution in [2.45, 2.75) is 68.8 Å². The fourth-order valence-electron chi connectivity index (χ4n) is 3.55. The lowest BCUT2D eigenvalue weighted by molar-refractivity contribution is -0.0365. The van der Waals surface area contributed by atoms with Gasteiger partial charge < -0.3 is 15.0 Å². The second kappa shape index (κ2) is 5.45. The van der Waals surface area contributed by atoms with Gasteiger partial charge in [0.2, 0.25) is 11.7 Å². The third-order valence-electron chi connectivity index (χ3n) is 5.29. The molecule has 0 atom stereocenters. The largest absolute Gasteiger partial charge is 0.370 e. The molecule has 0 aliphatic heterocycles. The molecule has 0 bridgehead atoms. The minimum atomic E-state index is -0.349. The average molecular weight is 279 g/mol. The van der Waals surface area contributed by atoms with Crippen molar-refractivity contribution in [1.82, 2.24) is 10.1 Å². The maximum Gasteiger partial charge on any atom is 0.234 e. The van der Waals surface area contributed by atoms with Crippen molar-refractivity contribution in [3.05, 3.63) is 11.7 Å². The Kier molecular flexibility index (Phi) is 3.82. The summed E-state index contributed by atoms with van der Waals surface area (Å²) in [5, 5.41) is 4.25. The maximum atomic E-state index is 5.92. The van der Waals surface area contributed by atoms with Crippen LogP contribution in [0.1, 0.15) is 69.5 Å². The molecule has 1 heterocycles. The first-order chi connectivity index (χ1) is 9.75. The first kappa shape index (κ1) is 14.0. The van der Waals surface area contributed by atoms with Crippen LogP contribution < -0.4 is 5.73 Å². The summed E-state index contributed by atoms with van der Waals surface area (Å²) in [4.78, 5) is 4.70. The van der Waals surface area contributed by atoms with E-state index >= 15 is 0 Å². The second-order valence-electron chi connectivity index (χ2n) is 6.37. The van der Waals surface area contributed by atoms with Gasteiger partial charge >= 0.3 is 0 Å². The topological polar surface area (TPSA) is 74.2 Å². The number of ether oxygens (including phenoxy) is 1. The van der Waals surface area contributed by atoms with Crippen molar-refractivity contribution in [2.75, 3.05) is 13.7 Å². The molecule has 20 heavy (non-hydrogen) atoms. The Morgan fingerprint density at radius 2 is 1.80 bits per heavy atom. The molecule has 2 saturated carbocycles. The predicted octanol–water partition coefficient (Wildman–Crippen LogP) is 2.65. The Labute approximate surface area is 120 Å². The summed E-state index contributed by atoms with van der Waals surface area (Å²) in [6, 6.07) is 0. The number of aromatic nitrogens is 2. The van der Waals surface area contributed by atoms with Gasteiger partial charge in [0.25, 0.3) is 0 Å². The first-order valence-electron chi connectivity index (χ1n) is 7.85. The monoisotopic (exact) mass is 279 g/mol. The number of nitrogens with zero attached hydrogens (tertiary/aromatic N) is 2. The van der Waals surface area contributed by atoms with Crippen molar-refractivity contribution in [2.24, 2.45) is 5.73 Å². The van der Waals surface area contributed by atoms with Gasteiger partial charge in [0.15, 0.2) is 0 Å². The Morgan fingerprint density at radius 3 is 2.30 bits per heavy atom. The predicted molar refractivity (Wildman–Crippen MR) is 75.3 cm³/mol. The van der Waals surface area contributed by atoms with E-state index in [4.69, 9.17) is 20.0 Å². The van der Waals surface area contributed by atoms with E-state index in [2.05, 4.69) is 5.16 Å². The van der Waals surface area contributed by atoms with Crippen LogP contribution in [0.15, 0.2) is 4.52 Å². The molecule has 3 rings (SSSR count). The smallest absolute Gasteiger partial charge is 0.234 e. The van der Waals surface area contributed by atoms with Crippen molar-refractivity contribution in [1.29, 1.82) is 0 Å². The standard InChI is InChI=1S/C15H25N3O2/c1-19-15(9-4-2-3-5-10-15)12-17-13(20-18-12)14(11-16)7-6-8-14/h2-11,16H2,1H3. The molecule has 0 spiro atoms. The van der Waals surface area contributed by atoms with Crippen molar-refractivity contribution >= 4 is 0 Å². The minimum absolute atomic E-state index is 0.0646. The molecule has 0 amide bonds. The number of nitrogens with two attached hydrogens (primary N) is 1. The molecule has 2 aliphatic carbocycles. The summed E-state index contributed by atoms with van der Waals surface area (Å²) in [6.45, 7) is 0.592. The highest BCUT2D eigenvalue weighted by molar-refractivity contribution is 5.14. The third-order valence-corrected chi connectivity index (χ3v) is 5.29. The third kappa shape index (κ3) is 2.17. The normalized spacial score (nSPS) is 24.9. The summed E-state index contributed by atoms with van der Waals surface area (Å²) >= 11 is 0. The van der Waals surface area contributed by atoms with E-state index in [1.54, 1.807) is 7.11 Å². The molecule has 1 aromatic heterocycles. The summed E-state index contributed by atoms with van der Waals surface area (Å²) in [5.74, 6) is 1.46. The van der Waals surface area contributed by atoms with Gasteiger partial charge in [0.05, 0.1) is 5.41 Å². The maximum absolute atomic E-state index is 5.92. The summed E-state index contributed by atoms with van der Waals surface area (Å²) in [5.41, 5.74) is 5.51. The molecule has 112 valence electrons. The summed E-state index contributed by atoms with van der Waals surface area (Å²) in [7, 11) is 1.77. The fourth-order valence-corrected chi connectivity index (χ4v) is 3.55. The van der Waals surface area contributed by atoms with Gasteiger partial charge in [0.1, 0.15) is 5.60 Å². The van der Waals surface area contributed by atoms with Gasteiger partial charge in [-0.15, -0.1) is 0 Å². The van der Waals surface area contributed by atoms with Gasteiger partial charge in [-0.25, -0.2) is 0 Å². The van der Waals surface area contributed by atoms with Crippen molar-refractivity contribution in [3.63, 3.8) is 0 Å². The minimum Gasteiger partial charge on any atom is -0.370 e. The van der Waals surface area contributed by atoms with E-state index in [0.717, 1.165) is 37.4 Å². The van der Waals surface area contributed by atoms with Crippen LogP contribution in [-0.2, 0) is 15.8 Å². The van der Waals surface area contributed by atoms with Crippen LogP contribution in [0.3, 0.4) is 0 Å². The Hall–Kier alpha value is -0.940. The number of hydrogen-bond donors (Lipinski definition) is 1. The molecule has 2 N–H and O–H groups in total.